The van der Waals surface area contributed by atoms with Crippen molar-refractivity contribution in [2.45, 2.75) is 18.9 Å². The Balaban J connectivity index is 3.01. The molecule has 1 rings (SSSR count). The number of aliphatic carboxylic acids is 1. The van der Waals surface area contributed by atoms with Crippen molar-refractivity contribution in [2.75, 3.05) is 0 Å². The molecule has 0 radical (unpaired) electrons. The molecule has 0 amide bonds. The topological polar surface area (TPSA) is 104 Å². The highest BCUT2D eigenvalue weighted by atomic mass is 35.5. The van der Waals surface area contributed by atoms with Crippen molar-refractivity contribution in [3.05, 3.63) is 28.8 Å². The summed E-state index contributed by atoms with van der Waals surface area (Å²) in [5.41, 5.74) is 4.89. The quantitative estimate of drug-likeness (QED) is 0.538. The average Bonchev–Trinajstić information content (AvgIpc) is 2.20. The Morgan fingerprint density at radius 3 is 2.59 bits per heavy atom. The maximum atomic E-state index is 10.9. The first-order valence-corrected chi connectivity index (χ1v) is 5.28. The van der Waals surface area contributed by atoms with Crippen LogP contribution in [0.25, 0.3) is 0 Å². The molecule has 1 aromatic rings. The third kappa shape index (κ3) is 3.44. The minimum Gasteiger partial charge on any atom is -0.480 e. The molecule has 0 aromatic heterocycles. The van der Waals surface area contributed by atoms with Gasteiger partial charge in [-0.15, -0.1) is 0 Å². The van der Waals surface area contributed by atoms with Gasteiger partial charge in [0.15, 0.2) is 0 Å². The summed E-state index contributed by atoms with van der Waals surface area (Å²) in [5, 5.41) is 27.2. The minimum atomic E-state index is -1.70. The molecule has 17 heavy (non-hydrogen) atoms. The van der Waals surface area contributed by atoms with E-state index in [1.165, 1.54) is 19.1 Å². The summed E-state index contributed by atoms with van der Waals surface area (Å²) in [7, 11) is -1.70. The van der Waals surface area contributed by atoms with Crippen LogP contribution in [0.5, 0.6) is 0 Å². The van der Waals surface area contributed by atoms with Gasteiger partial charge in [0, 0.05) is 16.9 Å². The first-order chi connectivity index (χ1) is 7.74. The van der Waals surface area contributed by atoms with Gasteiger partial charge in [-0.05, 0) is 18.6 Å². The highest BCUT2D eigenvalue weighted by Crippen LogP contribution is 2.14. The van der Waals surface area contributed by atoms with Gasteiger partial charge in [-0.3, -0.25) is 4.79 Å². The number of carboxylic acid groups (broad SMARTS) is 1. The Labute approximate surface area is 104 Å². The fraction of sp³-hybridized carbons (Fsp3) is 0.300. The molecule has 7 heteroatoms. The smallest absolute Gasteiger partial charge is 0.480 e. The van der Waals surface area contributed by atoms with E-state index in [0.29, 0.717) is 5.56 Å². The zero-order valence-electron chi connectivity index (χ0n) is 9.22. The molecule has 0 bridgehead atoms. The van der Waals surface area contributed by atoms with Gasteiger partial charge in [-0.1, -0.05) is 23.7 Å². The number of benzene rings is 1. The van der Waals surface area contributed by atoms with E-state index in [1.807, 2.05) is 0 Å². The molecule has 0 spiro atoms. The normalized spacial score (nSPS) is 14.2. The fourth-order valence-corrected chi connectivity index (χ4v) is 1.62. The van der Waals surface area contributed by atoms with Crippen LogP contribution >= 0.6 is 11.6 Å². The molecule has 1 aromatic carbocycles. The number of nitrogens with two attached hydrogens (primary N) is 1. The Morgan fingerprint density at radius 1 is 1.53 bits per heavy atom. The number of hydrogen-bond donors (Lipinski definition) is 4. The van der Waals surface area contributed by atoms with E-state index in [0.717, 1.165) is 0 Å². The zero-order chi connectivity index (χ0) is 13.2. The molecule has 5 nitrogen and oxygen atoms in total. The van der Waals surface area contributed by atoms with Gasteiger partial charge in [-0.25, -0.2) is 0 Å². The molecule has 0 fully saturated rings. The summed E-state index contributed by atoms with van der Waals surface area (Å²) >= 11 is 5.76. The van der Waals surface area contributed by atoms with E-state index in [1.54, 1.807) is 6.07 Å². The predicted molar refractivity (Wildman–Crippen MR) is 65.2 cm³/mol. The monoisotopic (exact) mass is 257 g/mol. The molecule has 0 heterocycles. The van der Waals surface area contributed by atoms with E-state index in [9.17, 15) is 4.79 Å². The lowest BCUT2D eigenvalue weighted by molar-refractivity contribution is -0.142. The molecule has 1 atom stereocenters. The molecule has 92 valence electrons. The number of hydrogen-bond acceptors (Lipinski definition) is 4. The lowest BCUT2D eigenvalue weighted by atomic mass is 9.78. The van der Waals surface area contributed by atoms with Gasteiger partial charge in [0.05, 0.1) is 0 Å². The highest BCUT2D eigenvalue weighted by molar-refractivity contribution is 6.62. The Kier molecular flexibility index (Phi) is 4.16. The maximum Gasteiger partial charge on any atom is 0.489 e. The molecular formula is C10H13BClNO4. The Morgan fingerprint density at radius 2 is 2.12 bits per heavy atom. The first kappa shape index (κ1) is 14.0. The summed E-state index contributed by atoms with van der Waals surface area (Å²) in [6.45, 7) is 1.39. The van der Waals surface area contributed by atoms with Gasteiger partial charge < -0.3 is 20.9 Å². The van der Waals surface area contributed by atoms with E-state index in [2.05, 4.69) is 0 Å². The average molecular weight is 257 g/mol. The maximum absolute atomic E-state index is 10.9. The summed E-state index contributed by atoms with van der Waals surface area (Å²) in [6, 6.07) is 4.51. The Hall–Kier alpha value is -1.08. The molecular weight excluding hydrogens is 244 g/mol. The lowest BCUT2D eigenvalue weighted by Crippen LogP contribution is -2.47. The second-order valence-electron chi connectivity index (χ2n) is 4.13. The van der Waals surface area contributed by atoms with Crippen LogP contribution in [0.1, 0.15) is 12.5 Å². The predicted octanol–water partition coefficient (Wildman–Crippen LogP) is -0.636. The van der Waals surface area contributed by atoms with Gasteiger partial charge >= 0.3 is 13.1 Å². The van der Waals surface area contributed by atoms with Gasteiger partial charge in [0.2, 0.25) is 0 Å². The van der Waals surface area contributed by atoms with Crippen molar-refractivity contribution in [3.63, 3.8) is 0 Å². The SMILES string of the molecule is C[C@@](N)(Cc1ccc(Cl)c(B(O)O)c1)C(=O)O. The molecule has 0 saturated heterocycles. The van der Waals surface area contributed by atoms with Crippen molar-refractivity contribution in [1.82, 2.24) is 0 Å². The number of rotatable bonds is 4. The van der Waals surface area contributed by atoms with E-state index < -0.39 is 18.6 Å². The van der Waals surface area contributed by atoms with E-state index >= 15 is 0 Å². The summed E-state index contributed by atoms with van der Waals surface area (Å²) in [5.74, 6) is -1.13. The number of carbonyl (C=O) groups is 1. The van der Waals surface area contributed by atoms with Crippen LogP contribution in [0.15, 0.2) is 18.2 Å². The molecule has 0 aliphatic rings. The van der Waals surface area contributed by atoms with Crippen molar-refractivity contribution in [2.24, 2.45) is 5.73 Å². The summed E-state index contributed by atoms with van der Waals surface area (Å²) in [4.78, 5) is 10.9. The Bertz CT molecular complexity index is 436. The van der Waals surface area contributed by atoms with Crippen molar-refractivity contribution >= 4 is 30.2 Å². The third-order valence-corrected chi connectivity index (χ3v) is 2.74. The summed E-state index contributed by atoms with van der Waals surface area (Å²) in [6.07, 6.45) is 0.0687. The largest absolute Gasteiger partial charge is 0.489 e. The van der Waals surface area contributed by atoms with Crippen molar-refractivity contribution in [3.8, 4) is 0 Å². The van der Waals surface area contributed by atoms with Crippen LogP contribution < -0.4 is 11.2 Å². The van der Waals surface area contributed by atoms with Crippen LogP contribution in [0, 0.1) is 0 Å². The summed E-state index contributed by atoms with van der Waals surface area (Å²) < 4.78 is 0. The van der Waals surface area contributed by atoms with Crippen LogP contribution in [0.4, 0.5) is 0 Å². The molecule has 0 saturated carbocycles. The van der Waals surface area contributed by atoms with Crippen LogP contribution in [-0.4, -0.2) is 33.8 Å². The molecule has 0 aliphatic carbocycles. The van der Waals surface area contributed by atoms with Crippen LogP contribution in [0.2, 0.25) is 5.02 Å². The van der Waals surface area contributed by atoms with Gasteiger partial charge in [0.25, 0.3) is 0 Å². The van der Waals surface area contributed by atoms with E-state index in [4.69, 9.17) is 32.5 Å². The second-order valence-corrected chi connectivity index (χ2v) is 4.54. The van der Waals surface area contributed by atoms with Gasteiger partial charge in [0.1, 0.15) is 5.54 Å². The standard InChI is InChI=1S/C10H13BClNO4/c1-10(13,9(14)15)5-6-2-3-8(12)7(4-6)11(16)17/h2-4,16-17H,5,13H2,1H3,(H,14,15)/t10-/m1/s1. The first-order valence-electron chi connectivity index (χ1n) is 4.91. The highest BCUT2D eigenvalue weighted by Gasteiger charge is 2.28. The van der Waals surface area contributed by atoms with Gasteiger partial charge in [-0.2, -0.15) is 0 Å². The van der Waals surface area contributed by atoms with Crippen molar-refractivity contribution in [1.29, 1.82) is 0 Å². The molecule has 5 N–H and O–H groups in total. The minimum absolute atomic E-state index is 0.0687. The number of halogens is 1. The fourth-order valence-electron chi connectivity index (χ4n) is 1.40. The lowest BCUT2D eigenvalue weighted by Gasteiger charge is -2.19. The van der Waals surface area contributed by atoms with Crippen molar-refractivity contribution < 1.29 is 19.9 Å². The third-order valence-electron chi connectivity index (χ3n) is 2.40. The van der Waals surface area contributed by atoms with Crippen LogP contribution in [-0.2, 0) is 11.2 Å². The number of carboxylic acids is 1. The molecule has 0 unspecified atom stereocenters. The molecule has 0 aliphatic heterocycles. The van der Waals surface area contributed by atoms with E-state index in [-0.39, 0.29) is 16.9 Å². The van der Waals surface area contributed by atoms with Crippen LogP contribution in [0.3, 0.4) is 0 Å². The second kappa shape index (κ2) is 5.06. The zero-order valence-corrected chi connectivity index (χ0v) is 9.98.